The van der Waals surface area contributed by atoms with Crippen LogP contribution in [0.15, 0.2) is 34.8 Å². The summed E-state index contributed by atoms with van der Waals surface area (Å²) in [5.41, 5.74) is 0.697. The number of aromatic hydroxyl groups is 1. The molecule has 0 unspecified atom stereocenters. The fourth-order valence-corrected chi connectivity index (χ4v) is 2.00. The zero-order chi connectivity index (χ0) is 10.8. The summed E-state index contributed by atoms with van der Waals surface area (Å²) in [7, 11) is 0. The molecule has 2 nitrogen and oxygen atoms in total. The maximum atomic E-state index is 9.65. The van der Waals surface area contributed by atoms with Gasteiger partial charge in [-0.2, -0.15) is 5.26 Å². The van der Waals surface area contributed by atoms with Gasteiger partial charge in [-0.3, -0.25) is 0 Å². The highest BCUT2D eigenvalue weighted by Gasteiger charge is 2.06. The molecule has 1 N–H and O–H groups in total. The Morgan fingerprint density at radius 2 is 2.07 bits per heavy atom. The summed E-state index contributed by atoms with van der Waals surface area (Å²) < 4.78 is 0.989. The average molecular weight is 262 g/mol. The van der Waals surface area contributed by atoms with Crippen LogP contribution in [0.5, 0.6) is 5.75 Å². The van der Waals surface area contributed by atoms with Gasteiger partial charge in [-0.05, 0) is 29.0 Å². The largest absolute Gasteiger partial charge is 0.508 e. The lowest BCUT2D eigenvalue weighted by Gasteiger charge is -2.06. The number of halogens is 1. The van der Waals surface area contributed by atoms with E-state index in [4.69, 9.17) is 5.26 Å². The average Bonchev–Trinajstić information content (AvgIpc) is 2.22. The molecule has 3 heteroatoms. The minimum atomic E-state index is 0.186. The smallest absolute Gasteiger partial charge is 0.120 e. The molecule has 0 aliphatic rings. The second-order valence-corrected chi connectivity index (χ2v) is 4.18. The second kappa shape index (κ2) is 3.92. The summed E-state index contributed by atoms with van der Waals surface area (Å²) >= 11 is 3.39. The molecule has 0 aromatic heterocycles. The molecule has 15 heavy (non-hydrogen) atoms. The number of hydrogen-bond donors (Lipinski definition) is 1. The van der Waals surface area contributed by atoms with Crippen LogP contribution >= 0.6 is 15.9 Å². The van der Waals surface area contributed by atoms with Crippen molar-refractivity contribution >= 4 is 26.7 Å². The first kappa shape index (κ1) is 10.0. The molecular weight excluding hydrogens is 254 g/mol. The van der Waals surface area contributed by atoms with Crippen LogP contribution in [0.4, 0.5) is 0 Å². The fraction of sp³-hybridized carbons (Fsp3) is 0.0833. The molecule has 0 saturated carbocycles. The first-order valence-corrected chi connectivity index (χ1v) is 5.29. The number of fused-ring (bicyclic) bond motifs is 1. The molecule has 0 atom stereocenters. The number of nitrogens with zero attached hydrogens (tertiary/aromatic N) is 1. The number of phenols is 1. The van der Waals surface area contributed by atoms with E-state index >= 15 is 0 Å². The Morgan fingerprint density at radius 3 is 2.80 bits per heavy atom. The summed E-state index contributed by atoms with van der Waals surface area (Å²) in [6.45, 7) is 0. The molecule has 0 bridgehead atoms. The Morgan fingerprint density at radius 1 is 1.27 bits per heavy atom. The highest BCUT2D eigenvalue weighted by atomic mass is 79.9. The topological polar surface area (TPSA) is 44.0 Å². The van der Waals surface area contributed by atoms with Crippen LogP contribution in [0, 0.1) is 11.3 Å². The molecule has 74 valence electrons. The Kier molecular flexibility index (Phi) is 2.61. The van der Waals surface area contributed by atoms with Crippen LogP contribution < -0.4 is 0 Å². The van der Waals surface area contributed by atoms with Gasteiger partial charge >= 0.3 is 0 Å². The van der Waals surface area contributed by atoms with Crippen molar-refractivity contribution in [2.24, 2.45) is 0 Å². The minimum absolute atomic E-state index is 0.186. The quantitative estimate of drug-likeness (QED) is 0.856. The first-order valence-electron chi connectivity index (χ1n) is 4.49. The maximum Gasteiger partial charge on any atom is 0.120 e. The Balaban J connectivity index is 2.77. The van der Waals surface area contributed by atoms with E-state index in [0.717, 1.165) is 15.2 Å². The van der Waals surface area contributed by atoms with Crippen molar-refractivity contribution in [3.8, 4) is 11.8 Å². The molecular formula is C12H8BrNO. The number of benzene rings is 2. The minimum Gasteiger partial charge on any atom is -0.508 e. The second-order valence-electron chi connectivity index (χ2n) is 3.26. The highest BCUT2D eigenvalue weighted by molar-refractivity contribution is 9.10. The van der Waals surface area contributed by atoms with Gasteiger partial charge in [0.05, 0.1) is 12.5 Å². The van der Waals surface area contributed by atoms with E-state index < -0.39 is 0 Å². The number of phenolic OH excluding ortho intramolecular Hbond substituents is 1. The molecule has 0 heterocycles. The predicted octanol–water partition coefficient (Wildman–Crippen LogP) is 3.37. The van der Waals surface area contributed by atoms with E-state index in [-0.39, 0.29) is 12.2 Å². The van der Waals surface area contributed by atoms with Gasteiger partial charge in [-0.25, -0.2) is 0 Å². The third-order valence-corrected chi connectivity index (χ3v) is 2.82. The van der Waals surface area contributed by atoms with Crippen molar-refractivity contribution in [2.75, 3.05) is 0 Å². The summed E-state index contributed by atoms with van der Waals surface area (Å²) in [5, 5.41) is 20.3. The SMILES string of the molecule is N#CCc1c(O)ccc2cc(Br)ccc12. The van der Waals surface area contributed by atoms with Gasteiger partial charge in [0.25, 0.3) is 0 Å². The third-order valence-electron chi connectivity index (χ3n) is 2.32. The van der Waals surface area contributed by atoms with Gasteiger partial charge in [0.1, 0.15) is 5.75 Å². The van der Waals surface area contributed by atoms with Crippen LogP contribution in [0.1, 0.15) is 5.56 Å². The predicted molar refractivity (Wildman–Crippen MR) is 62.6 cm³/mol. The van der Waals surface area contributed by atoms with Gasteiger partial charge in [0.2, 0.25) is 0 Å². The summed E-state index contributed by atoms with van der Waals surface area (Å²) in [4.78, 5) is 0. The Labute approximate surface area is 95.9 Å². The third kappa shape index (κ3) is 1.81. The van der Waals surface area contributed by atoms with Gasteiger partial charge in [-0.15, -0.1) is 0 Å². The standard InChI is InChI=1S/C12H8BrNO/c13-9-2-3-10-8(7-9)1-4-12(15)11(10)5-6-14/h1-4,7,15H,5H2. The summed E-state index contributed by atoms with van der Waals surface area (Å²) in [5.74, 6) is 0.186. The zero-order valence-electron chi connectivity index (χ0n) is 7.87. The molecule has 2 rings (SSSR count). The molecule has 0 radical (unpaired) electrons. The molecule has 2 aromatic carbocycles. The van der Waals surface area contributed by atoms with Crippen LogP contribution in [-0.4, -0.2) is 5.11 Å². The molecule has 0 amide bonds. The van der Waals surface area contributed by atoms with Crippen molar-refractivity contribution in [1.82, 2.24) is 0 Å². The lowest BCUT2D eigenvalue weighted by Crippen LogP contribution is -1.86. The number of hydrogen-bond acceptors (Lipinski definition) is 2. The van der Waals surface area contributed by atoms with E-state index in [2.05, 4.69) is 22.0 Å². The fourth-order valence-electron chi connectivity index (χ4n) is 1.62. The van der Waals surface area contributed by atoms with E-state index in [1.165, 1.54) is 0 Å². The number of nitriles is 1. The van der Waals surface area contributed by atoms with Gasteiger partial charge in [0.15, 0.2) is 0 Å². The van der Waals surface area contributed by atoms with E-state index in [0.29, 0.717) is 5.56 Å². The van der Waals surface area contributed by atoms with Crippen molar-refractivity contribution in [2.45, 2.75) is 6.42 Å². The monoisotopic (exact) mass is 261 g/mol. The van der Waals surface area contributed by atoms with Crippen LogP contribution in [0.3, 0.4) is 0 Å². The van der Waals surface area contributed by atoms with Crippen LogP contribution in [0.25, 0.3) is 10.8 Å². The van der Waals surface area contributed by atoms with Crippen LogP contribution in [-0.2, 0) is 6.42 Å². The Hall–Kier alpha value is -1.53. The van der Waals surface area contributed by atoms with Gasteiger partial charge in [0, 0.05) is 10.0 Å². The molecule has 2 aromatic rings. The Bertz CT molecular complexity index is 557. The van der Waals surface area contributed by atoms with Gasteiger partial charge < -0.3 is 5.11 Å². The zero-order valence-corrected chi connectivity index (χ0v) is 9.45. The van der Waals surface area contributed by atoms with Crippen LogP contribution in [0.2, 0.25) is 0 Å². The highest BCUT2D eigenvalue weighted by Crippen LogP contribution is 2.29. The summed E-state index contributed by atoms with van der Waals surface area (Å²) in [6, 6.07) is 11.3. The molecule has 0 spiro atoms. The first-order chi connectivity index (χ1) is 7.22. The van der Waals surface area contributed by atoms with Crippen molar-refractivity contribution < 1.29 is 5.11 Å². The van der Waals surface area contributed by atoms with Crippen molar-refractivity contribution in [1.29, 1.82) is 5.26 Å². The lowest BCUT2D eigenvalue weighted by atomic mass is 10.0. The van der Waals surface area contributed by atoms with Crippen molar-refractivity contribution in [3.05, 3.63) is 40.4 Å². The molecule has 0 aliphatic carbocycles. The maximum absolute atomic E-state index is 9.65. The molecule has 0 aliphatic heterocycles. The lowest BCUT2D eigenvalue weighted by molar-refractivity contribution is 0.471. The van der Waals surface area contributed by atoms with E-state index in [1.807, 2.05) is 24.3 Å². The number of rotatable bonds is 1. The molecule has 0 saturated heterocycles. The van der Waals surface area contributed by atoms with E-state index in [1.54, 1.807) is 6.07 Å². The van der Waals surface area contributed by atoms with Gasteiger partial charge in [-0.1, -0.05) is 28.1 Å². The van der Waals surface area contributed by atoms with Crippen molar-refractivity contribution in [3.63, 3.8) is 0 Å². The normalized spacial score (nSPS) is 10.1. The van der Waals surface area contributed by atoms with E-state index in [9.17, 15) is 5.11 Å². The molecule has 0 fully saturated rings. The summed E-state index contributed by atoms with van der Waals surface area (Å²) in [6.07, 6.45) is 0.227.